The lowest BCUT2D eigenvalue weighted by atomic mass is 9.44. The third-order valence-corrected chi connectivity index (χ3v) is 9.79. The van der Waals surface area contributed by atoms with Crippen LogP contribution in [0.5, 0.6) is 0 Å². The number of thiol groups is 1. The number of ether oxygens (including phenoxy) is 1. The number of hydrogen-bond acceptors (Lipinski definition) is 6. The Kier molecular flexibility index (Phi) is 5.32. The van der Waals surface area contributed by atoms with Gasteiger partial charge in [0.2, 0.25) is 10.9 Å². The van der Waals surface area contributed by atoms with Crippen molar-refractivity contribution in [1.82, 2.24) is 0 Å². The van der Waals surface area contributed by atoms with E-state index in [4.69, 9.17) is 9.15 Å². The molecule has 0 saturated heterocycles. The van der Waals surface area contributed by atoms with Crippen molar-refractivity contribution in [2.24, 2.45) is 28.6 Å². The van der Waals surface area contributed by atoms with Gasteiger partial charge < -0.3 is 14.3 Å². The molecule has 4 aliphatic carbocycles. The maximum atomic E-state index is 17.3. The van der Waals surface area contributed by atoms with Gasteiger partial charge in [-0.1, -0.05) is 19.9 Å². The van der Waals surface area contributed by atoms with Crippen LogP contribution >= 0.6 is 12.6 Å². The molecule has 0 amide bonds. The second-order valence-corrected chi connectivity index (χ2v) is 11.3. The number of aliphatic hydroxyl groups is 1. The van der Waals surface area contributed by atoms with Crippen molar-refractivity contribution >= 4 is 29.5 Å². The van der Waals surface area contributed by atoms with Gasteiger partial charge in [-0.3, -0.25) is 9.59 Å². The Balaban J connectivity index is 1.62. The van der Waals surface area contributed by atoms with Crippen molar-refractivity contribution in [3.05, 3.63) is 48.0 Å². The van der Waals surface area contributed by atoms with Crippen LogP contribution in [0.15, 0.2) is 46.6 Å². The Bertz CT molecular complexity index is 1160. The van der Waals surface area contributed by atoms with Gasteiger partial charge in [-0.25, -0.2) is 13.6 Å². The fourth-order valence-electron chi connectivity index (χ4n) is 7.83. The van der Waals surface area contributed by atoms with E-state index in [-0.39, 0.29) is 30.6 Å². The summed E-state index contributed by atoms with van der Waals surface area (Å²) in [6.45, 7) is 4.93. The summed E-state index contributed by atoms with van der Waals surface area (Å²) in [6, 6.07) is 2.91. The average molecular weight is 507 g/mol. The smallest absolute Gasteiger partial charge is 0.375 e. The zero-order valence-electron chi connectivity index (χ0n) is 19.7. The number of aliphatic hydroxyl groups excluding tert-OH is 1. The van der Waals surface area contributed by atoms with E-state index >= 15 is 8.78 Å². The van der Waals surface area contributed by atoms with Gasteiger partial charge in [0.25, 0.3) is 0 Å². The monoisotopic (exact) mass is 506 g/mol. The number of halogens is 2. The molecular weight excluding hydrogens is 478 g/mol. The normalized spacial score (nSPS) is 46.3. The summed E-state index contributed by atoms with van der Waals surface area (Å²) < 4.78 is 43.8. The Morgan fingerprint density at radius 3 is 2.60 bits per heavy atom. The van der Waals surface area contributed by atoms with E-state index in [2.05, 4.69) is 12.6 Å². The molecule has 4 aliphatic rings. The number of alkyl halides is 2. The van der Waals surface area contributed by atoms with E-state index in [0.717, 1.165) is 6.08 Å². The molecule has 9 atom stereocenters. The van der Waals surface area contributed by atoms with E-state index < -0.39 is 69.0 Å². The quantitative estimate of drug-likeness (QED) is 0.472. The lowest BCUT2D eigenvalue weighted by Crippen LogP contribution is -2.70. The highest BCUT2D eigenvalue weighted by atomic mass is 32.1. The highest BCUT2D eigenvalue weighted by Crippen LogP contribution is 2.71. The van der Waals surface area contributed by atoms with E-state index in [1.165, 1.54) is 37.5 Å². The summed E-state index contributed by atoms with van der Waals surface area (Å²) in [7, 11) is 0. The standard InChI is InChI=1S/C26H28F2O6S/c1-13-9-15-16-11-18(27)17-10-14(29)6-7-23(17,2)25(16,28)20(30)12-24(15,3)26(13,22(32)35)34-21(31)19-5-4-8-33-19/h4-8,10,13,15-16,18,20,30H,9,11-12H2,1-3H3,(H,32,35)/t13-,15?,16?,18+,20?,23?,24?,25+,26+/m1/s1. The van der Waals surface area contributed by atoms with Crippen LogP contribution in [0.2, 0.25) is 0 Å². The number of rotatable bonds is 3. The van der Waals surface area contributed by atoms with Crippen LogP contribution in [0, 0.1) is 28.6 Å². The molecule has 0 radical (unpaired) electrons. The molecule has 6 nitrogen and oxygen atoms in total. The van der Waals surface area contributed by atoms with E-state index in [1.54, 1.807) is 13.8 Å². The molecule has 5 rings (SSSR count). The zero-order valence-corrected chi connectivity index (χ0v) is 20.6. The molecule has 0 aliphatic heterocycles. The number of ketones is 1. The summed E-state index contributed by atoms with van der Waals surface area (Å²) in [5, 5.41) is 10.7. The van der Waals surface area contributed by atoms with Gasteiger partial charge in [0, 0.05) is 22.7 Å². The fourth-order valence-corrected chi connectivity index (χ4v) is 8.35. The number of carbonyl (C=O) groups excluding carboxylic acids is 3. The van der Waals surface area contributed by atoms with Crippen LogP contribution in [-0.4, -0.2) is 45.5 Å². The van der Waals surface area contributed by atoms with Crippen molar-refractivity contribution in [3.63, 3.8) is 0 Å². The summed E-state index contributed by atoms with van der Waals surface area (Å²) >= 11 is 4.11. The first kappa shape index (κ1) is 24.4. The topological polar surface area (TPSA) is 93.8 Å². The molecule has 5 unspecified atom stereocenters. The number of allylic oxidation sites excluding steroid dienone is 4. The number of carbonyl (C=O) groups is 3. The predicted octanol–water partition coefficient (Wildman–Crippen LogP) is 4.20. The molecule has 0 aromatic carbocycles. The van der Waals surface area contributed by atoms with E-state index in [1.807, 2.05) is 0 Å². The van der Waals surface area contributed by atoms with Crippen molar-refractivity contribution in [3.8, 4) is 0 Å². The maximum absolute atomic E-state index is 17.3. The first-order valence-corrected chi connectivity index (χ1v) is 12.2. The molecular formula is C26H28F2O6S. The fraction of sp³-hybridized carbons (Fsp3) is 0.577. The van der Waals surface area contributed by atoms with Gasteiger partial charge in [-0.2, -0.15) is 0 Å². The highest BCUT2D eigenvalue weighted by molar-refractivity contribution is 7.96. The average Bonchev–Trinajstić information content (AvgIpc) is 3.39. The molecule has 1 heterocycles. The summed E-state index contributed by atoms with van der Waals surface area (Å²) in [5.41, 5.74) is -6.80. The lowest BCUT2D eigenvalue weighted by molar-refractivity contribution is -0.221. The number of furan rings is 1. The second kappa shape index (κ2) is 7.62. The van der Waals surface area contributed by atoms with Gasteiger partial charge in [-0.05, 0) is 62.0 Å². The molecule has 188 valence electrons. The molecule has 0 spiro atoms. The predicted molar refractivity (Wildman–Crippen MR) is 124 cm³/mol. The Labute approximate surface area is 207 Å². The van der Waals surface area contributed by atoms with Crippen LogP contribution in [-0.2, 0) is 14.3 Å². The van der Waals surface area contributed by atoms with Gasteiger partial charge in [0.1, 0.15) is 6.17 Å². The van der Waals surface area contributed by atoms with Gasteiger partial charge in [-0.15, -0.1) is 12.6 Å². The third-order valence-electron chi connectivity index (χ3n) is 9.46. The van der Waals surface area contributed by atoms with Gasteiger partial charge in [0.15, 0.2) is 17.1 Å². The van der Waals surface area contributed by atoms with Crippen molar-refractivity contribution in [1.29, 1.82) is 0 Å². The minimum atomic E-state index is -2.29. The van der Waals surface area contributed by atoms with Crippen molar-refractivity contribution in [2.45, 2.75) is 63.6 Å². The van der Waals surface area contributed by atoms with Gasteiger partial charge >= 0.3 is 5.97 Å². The molecule has 1 aromatic rings. The van der Waals surface area contributed by atoms with Crippen LogP contribution < -0.4 is 0 Å². The molecule has 3 fully saturated rings. The summed E-state index contributed by atoms with van der Waals surface area (Å²) in [6.07, 6.45) is 1.58. The summed E-state index contributed by atoms with van der Waals surface area (Å²) in [5.74, 6) is -3.57. The van der Waals surface area contributed by atoms with Crippen LogP contribution in [0.1, 0.15) is 50.6 Å². The molecule has 3 saturated carbocycles. The number of hydrogen-bond donors (Lipinski definition) is 2. The first-order chi connectivity index (χ1) is 16.3. The SMILES string of the molecule is C[C@@H]1CC2C3C[C@H](F)C4=CC(=O)C=CC4(C)[C@@]3(F)C(O)CC2(C)[C@@]1(OC(=O)c1ccco1)C(=O)S. The van der Waals surface area contributed by atoms with E-state index in [0.29, 0.717) is 0 Å². The molecule has 0 bridgehead atoms. The highest BCUT2D eigenvalue weighted by Gasteiger charge is 2.78. The van der Waals surface area contributed by atoms with Crippen molar-refractivity contribution < 1.29 is 37.4 Å². The van der Waals surface area contributed by atoms with Crippen LogP contribution in [0.4, 0.5) is 8.78 Å². The Morgan fingerprint density at radius 2 is 1.97 bits per heavy atom. The third kappa shape index (κ3) is 2.88. The Morgan fingerprint density at radius 1 is 1.26 bits per heavy atom. The van der Waals surface area contributed by atoms with Crippen molar-refractivity contribution in [2.75, 3.05) is 0 Å². The molecule has 35 heavy (non-hydrogen) atoms. The van der Waals surface area contributed by atoms with E-state index in [9.17, 15) is 19.5 Å². The van der Waals surface area contributed by atoms with Gasteiger partial charge in [0.05, 0.1) is 12.4 Å². The zero-order chi connectivity index (χ0) is 25.6. The molecule has 1 N–H and O–H groups in total. The largest absolute Gasteiger partial charge is 0.457 e. The number of fused-ring (bicyclic) bond motifs is 5. The van der Waals surface area contributed by atoms with Crippen LogP contribution in [0.3, 0.4) is 0 Å². The Hall–Kier alpha value is -2.26. The summed E-state index contributed by atoms with van der Waals surface area (Å²) in [4.78, 5) is 38.0. The lowest BCUT2D eigenvalue weighted by Gasteiger charge is -2.63. The minimum Gasteiger partial charge on any atom is -0.457 e. The second-order valence-electron chi connectivity index (χ2n) is 10.9. The minimum absolute atomic E-state index is 0.0261. The number of esters is 1. The molecule has 1 aromatic heterocycles. The van der Waals surface area contributed by atoms with Crippen LogP contribution in [0.25, 0.3) is 0 Å². The maximum Gasteiger partial charge on any atom is 0.375 e. The first-order valence-electron chi connectivity index (χ1n) is 11.8. The molecule has 9 heteroatoms.